The Balaban J connectivity index is 2.01. The van der Waals surface area contributed by atoms with Crippen LogP contribution in [0.25, 0.3) is 5.57 Å². The number of aliphatic hydroxyl groups excluding tert-OH is 1. The molecule has 0 spiro atoms. The topological polar surface area (TPSA) is 66.8 Å². The predicted octanol–water partition coefficient (Wildman–Crippen LogP) is 3.97. The Morgan fingerprint density at radius 2 is 1.72 bits per heavy atom. The quantitative estimate of drug-likeness (QED) is 0.822. The molecule has 2 amide bonds. The highest BCUT2D eigenvalue weighted by Crippen LogP contribution is 2.36. The van der Waals surface area contributed by atoms with E-state index in [2.05, 4.69) is 0 Å². The van der Waals surface area contributed by atoms with E-state index in [0.717, 1.165) is 11.3 Å². The van der Waals surface area contributed by atoms with Crippen LogP contribution < -0.4 is 9.64 Å². The van der Waals surface area contributed by atoms with Crippen molar-refractivity contribution in [3.63, 3.8) is 0 Å². The van der Waals surface area contributed by atoms with Crippen molar-refractivity contribution in [2.75, 3.05) is 11.5 Å². The normalized spacial score (nSPS) is 14.4. The van der Waals surface area contributed by atoms with E-state index < -0.39 is 17.6 Å². The minimum absolute atomic E-state index is 0.0491. The minimum Gasteiger partial charge on any atom is -0.502 e. The van der Waals surface area contributed by atoms with Crippen LogP contribution in [-0.4, -0.2) is 23.5 Å². The fraction of sp³-hybridized carbons (Fsp3) is 0.158. The van der Waals surface area contributed by atoms with Gasteiger partial charge in [0.2, 0.25) is 0 Å². The van der Waals surface area contributed by atoms with Gasteiger partial charge >= 0.3 is 5.91 Å². The van der Waals surface area contributed by atoms with Crippen LogP contribution in [0.15, 0.2) is 54.3 Å². The number of hydrogen-bond acceptors (Lipinski definition) is 4. The van der Waals surface area contributed by atoms with Crippen molar-refractivity contribution < 1.29 is 19.4 Å². The number of hydrogen-bond donors (Lipinski definition) is 1. The average Bonchev–Trinajstić information content (AvgIpc) is 2.84. The van der Waals surface area contributed by atoms with E-state index in [-0.39, 0.29) is 5.57 Å². The van der Waals surface area contributed by atoms with E-state index >= 15 is 0 Å². The largest absolute Gasteiger partial charge is 0.502 e. The number of ether oxygens (including phenoxy) is 1. The average molecular weight is 358 g/mol. The molecule has 0 saturated carbocycles. The molecule has 0 bridgehead atoms. The van der Waals surface area contributed by atoms with Crippen molar-refractivity contribution in [1.29, 1.82) is 0 Å². The zero-order valence-corrected chi connectivity index (χ0v) is 14.3. The van der Waals surface area contributed by atoms with Gasteiger partial charge in [-0.1, -0.05) is 42.8 Å². The van der Waals surface area contributed by atoms with Crippen LogP contribution in [0.4, 0.5) is 5.69 Å². The maximum absolute atomic E-state index is 12.8. The van der Waals surface area contributed by atoms with Crippen molar-refractivity contribution in [2.24, 2.45) is 0 Å². The second-order valence-corrected chi connectivity index (χ2v) is 5.93. The number of anilines is 1. The smallest absolute Gasteiger partial charge is 0.301 e. The van der Waals surface area contributed by atoms with Crippen LogP contribution in [0, 0.1) is 0 Å². The lowest BCUT2D eigenvalue weighted by molar-refractivity contribution is -0.121. The summed E-state index contributed by atoms with van der Waals surface area (Å²) in [6.07, 6.45) is 0.787. The van der Waals surface area contributed by atoms with Crippen LogP contribution in [0.2, 0.25) is 5.02 Å². The molecule has 1 aliphatic heterocycles. The van der Waals surface area contributed by atoms with Gasteiger partial charge in [0, 0.05) is 5.02 Å². The standard InChI is InChI=1S/C19H16ClNO4/c1-2-11-25-15-6-4-3-5-14(15)21-18(23)16(17(22)19(21)24)12-7-9-13(20)10-8-12/h3-10,22H,2,11H2,1H3. The SMILES string of the molecule is CCCOc1ccccc1N1C(=O)C(O)=C(c2ccc(Cl)cc2)C1=O. The number of carbonyl (C=O) groups is 2. The van der Waals surface area contributed by atoms with Crippen LogP contribution in [-0.2, 0) is 9.59 Å². The Bertz CT molecular complexity index is 858. The zero-order chi connectivity index (χ0) is 18.0. The summed E-state index contributed by atoms with van der Waals surface area (Å²) in [6, 6.07) is 13.1. The van der Waals surface area contributed by atoms with Gasteiger partial charge in [-0.2, -0.15) is 0 Å². The van der Waals surface area contributed by atoms with E-state index in [9.17, 15) is 14.7 Å². The van der Waals surface area contributed by atoms with Gasteiger partial charge in [0.15, 0.2) is 5.76 Å². The maximum Gasteiger partial charge on any atom is 0.301 e. The summed E-state index contributed by atoms with van der Waals surface area (Å²) in [4.78, 5) is 26.3. The second kappa shape index (κ2) is 6.99. The molecule has 2 aromatic carbocycles. The summed E-state index contributed by atoms with van der Waals surface area (Å²) in [6.45, 7) is 2.41. The first kappa shape index (κ1) is 17.0. The van der Waals surface area contributed by atoms with Crippen molar-refractivity contribution in [3.8, 4) is 5.75 Å². The van der Waals surface area contributed by atoms with Crippen LogP contribution in [0.5, 0.6) is 5.75 Å². The second-order valence-electron chi connectivity index (χ2n) is 5.49. The number of halogens is 1. The first-order valence-corrected chi connectivity index (χ1v) is 8.22. The molecule has 6 heteroatoms. The number of benzene rings is 2. The monoisotopic (exact) mass is 357 g/mol. The van der Waals surface area contributed by atoms with Crippen LogP contribution in [0.3, 0.4) is 0 Å². The molecule has 1 aliphatic rings. The lowest BCUT2D eigenvalue weighted by atomic mass is 10.1. The molecule has 0 aromatic heterocycles. The van der Waals surface area contributed by atoms with Gasteiger partial charge in [0.1, 0.15) is 5.75 Å². The first-order valence-electron chi connectivity index (χ1n) is 7.84. The molecular weight excluding hydrogens is 342 g/mol. The predicted molar refractivity (Wildman–Crippen MR) is 95.7 cm³/mol. The Hall–Kier alpha value is -2.79. The third-order valence-electron chi connectivity index (χ3n) is 3.76. The highest BCUT2D eigenvalue weighted by atomic mass is 35.5. The third kappa shape index (κ3) is 3.10. The molecule has 2 aromatic rings. The Labute approximate surface area is 150 Å². The van der Waals surface area contributed by atoms with E-state index in [4.69, 9.17) is 16.3 Å². The number of nitrogens with zero attached hydrogens (tertiary/aromatic N) is 1. The highest BCUT2D eigenvalue weighted by molar-refractivity contribution is 6.45. The van der Waals surface area contributed by atoms with E-state index in [1.165, 1.54) is 0 Å². The maximum atomic E-state index is 12.8. The fourth-order valence-electron chi connectivity index (χ4n) is 2.59. The summed E-state index contributed by atoms with van der Waals surface area (Å²) in [5.41, 5.74) is 0.683. The molecule has 25 heavy (non-hydrogen) atoms. The molecule has 0 fully saturated rings. The number of amides is 2. The van der Waals surface area contributed by atoms with Crippen molar-refractivity contribution in [3.05, 3.63) is 64.9 Å². The Kier molecular flexibility index (Phi) is 4.76. The highest BCUT2D eigenvalue weighted by Gasteiger charge is 2.41. The molecule has 0 unspecified atom stereocenters. The number of aliphatic hydroxyl groups is 1. The molecule has 0 aliphatic carbocycles. The third-order valence-corrected chi connectivity index (χ3v) is 4.01. The van der Waals surface area contributed by atoms with E-state index in [1.54, 1.807) is 48.5 Å². The van der Waals surface area contributed by atoms with Crippen molar-refractivity contribution >= 4 is 34.7 Å². The van der Waals surface area contributed by atoms with Crippen LogP contribution >= 0.6 is 11.6 Å². The number of para-hydroxylation sites is 2. The lowest BCUT2D eigenvalue weighted by Crippen LogP contribution is -2.32. The lowest BCUT2D eigenvalue weighted by Gasteiger charge is -2.18. The van der Waals surface area contributed by atoms with Gasteiger partial charge in [0.25, 0.3) is 5.91 Å². The van der Waals surface area contributed by atoms with E-state index in [0.29, 0.717) is 28.6 Å². The summed E-state index contributed by atoms with van der Waals surface area (Å²) in [5, 5.41) is 10.7. The van der Waals surface area contributed by atoms with Gasteiger partial charge < -0.3 is 9.84 Å². The van der Waals surface area contributed by atoms with Gasteiger partial charge in [-0.05, 0) is 36.2 Å². The molecule has 3 rings (SSSR count). The molecule has 0 saturated heterocycles. The molecule has 0 radical (unpaired) electrons. The molecular formula is C19H16ClNO4. The fourth-order valence-corrected chi connectivity index (χ4v) is 2.72. The minimum atomic E-state index is -0.775. The number of imide groups is 1. The van der Waals surface area contributed by atoms with Crippen molar-refractivity contribution in [2.45, 2.75) is 13.3 Å². The van der Waals surface area contributed by atoms with Gasteiger partial charge in [-0.25, -0.2) is 4.90 Å². The van der Waals surface area contributed by atoms with Crippen LogP contribution in [0.1, 0.15) is 18.9 Å². The number of rotatable bonds is 5. The number of carbonyl (C=O) groups excluding carboxylic acids is 2. The Morgan fingerprint density at radius 3 is 2.40 bits per heavy atom. The van der Waals surface area contributed by atoms with Gasteiger partial charge in [-0.15, -0.1) is 0 Å². The van der Waals surface area contributed by atoms with Crippen molar-refractivity contribution in [1.82, 2.24) is 0 Å². The molecule has 0 atom stereocenters. The Morgan fingerprint density at radius 1 is 1.04 bits per heavy atom. The van der Waals surface area contributed by atoms with E-state index in [1.807, 2.05) is 6.92 Å². The molecule has 1 heterocycles. The molecule has 128 valence electrons. The summed E-state index contributed by atoms with van der Waals surface area (Å²) in [5.74, 6) is -1.55. The summed E-state index contributed by atoms with van der Waals surface area (Å²) >= 11 is 5.86. The zero-order valence-electron chi connectivity index (χ0n) is 13.5. The van der Waals surface area contributed by atoms with Gasteiger partial charge in [-0.3, -0.25) is 9.59 Å². The molecule has 1 N–H and O–H groups in total. The first-order chi connectivity index (χ1) is 12.0. The molecule has 5 nitrogen and oxygen atoms in total. The summed E-state index contributed by atoms with van der Waals surface area (Å²) < 4.78 is 5.62. The summed E-state index contributed by atoms with van der Waals surface area (Å²) in [7, 11) is 0. The van der Waals surface area contributed by atoms with Gasteiger partial charge in [0.05, 0.1) is 17.9 Å².